The lowest BCUT2D eigenvalue weighted by Gasteiger charge is -2.31. The van der Waals surface area contributed by atoms with Crippen LogP contribution in [0.4, 0.5) is 0 Å². The minimum absolute atomic E-state index is 0.107. The molecule has 0 radical (unpaired) electrons. The molecule has 18 heavy (non-hydrogen) atoms. The summed E-state index contributed by atoms with van der Waals surface area (Å²) in [4.78, 5) is 12.1. The number of halogens is 1. The first-order chi connectivity index (χ1) is 8.60. The Labute approximate surface area is 112 Å². The van der Waals surface area contributed by atoms with Gasteiger partial charge in [0, 0.05) is 5.02 Å². The zero-order valence-corrected chi connectivity index (χ0v) is 11.3. The molecule has 1 aromatic carbocycles. The highest BCUT2D eigenvalue weighted by atomic mass is 35.5. The number of esters is 1. The number of nitrogens with one attached hydrogen (secondary N) is 1. The first kappa shape index (κ1) is 13.4. The van der Waals surface area contributed by atoms with Gasteiger partial charge in [-0.25, -0.2) is 0 Å². The zero-order valence-electron chi connectivity index (χ0n) is 10.5. The van der Waals surface area contributed by atoms with E-state index in [0.29, 0.717) is 11.6 Å². The third-order valence-corrected chi connectivity index (χ3v) is 3.69. The van der Waals surface area contributed by atoms with E-state index in [2.05, 4.69) is 5.32 Å². The smallest absolute Gasteiger partial charge is 0.312 e. The van der Waals surface area contributed by atoms with Gasteiger partial charge in [0.05, 0.1) is 5.41 Å². The van der Waals surface area contributed by atoms with Crippen LogP contribution in [0.1, 0.15) is 25.3 Å². The summed E-state index contributed by atoms with van der Waals surface area (Å²) in [7, 11) is 0. The standard InChI is InChI=1S/C14H18ClNO2/c1-14(5-7-16-8-6-14)13(17)18-10-11-3-2-4-12(15)9-11/h2-4,9,16H,5-8,10H2,1H3. The second-order valence-corrected chi connectivity index (χ2v) is 5.45. The van der Waals surface area contributed by atoms with Gasteiger partial charge >= 0.3 is 5.97 Å². The molecule has 0 amide bonds. The third kappa shape index (κ3) is 3.24. The quantitative estimate of drug-likeness (QED) is 0.856. The Hall–Kier alpha value is -1.06. The summed E-state index contributed by atoms with van der Waals surface area (Å²) in [6.07, 6.45) is 1.67. The van der Waals surface area contributed by atoms with Crippen molar-refractivity contribution in [3.63, 3.8) is 0 Å². The fraction of sp³-hybridized carbons (Fsp3) is 0.500. The van der Waals surface area contributed by atoms with Gasteiger partial charge in [-0.15, -0.1) is 0 Å². The van der Waals surface area contributed by atoms with Crippen LogP contribution in [0.15, 0.2) is 24.3 Å². The van der Waals surface area contributed by atoms with E-state index in [4.69, 9.17) is 16.3 Å². The molecule has 2 rings (SSSR count). The number of carbonyl (C=O) groups is 1. The second-order valence-electron chi connectivity index (χ2n) is 5.02. The van der Waals surface area contributed by atoms with Crippen LogP contribution in [0.5, 0.6) is 0 Å². The van der Waals surface area contributed by atoms with Crippen LogP contribution < -0.4 is 5.32 Å². The summed E-state index contributed by atoms with van der Waals surface area (Å²) < 4.78 is 5.40. The molecule has 1 aromatic rings. The van der Waals surface area contributed by atoms with Crippen molar-refractivity contribution in [2.75, 3.05) is 13.1 Å². The fourth-order valence-electron chi connectivity index (χ4n) is 2.13. The van der Waals surface area contributed by atoms with Crippen molar-refractivity contribution >= 4 is 17.6 Å². The van der Waals surface area contributed by atoms with Crippen molar-refractivity contribution < 1.29 is 9.53 Å². The van der Waals surface area contributed by atoms with E-state index < -0.39 is 0 Å². The fourth-order valence-corrected chi connectivity index (χ4v) is 2.35. The molecular weight excluding hydrogens is 250 g/mol. The molecule has 98 valence electrons. The number of rotatable bonds is 3. The van der Waals surface area contributed by atoms with Crippen LogP contribution in [0.3, 0.4) is 0 Å². The Balaban J connectivity index is 1.91. The molecule has 0 atom stereocenters. The van der Waals surface area contributed by atoms with Gasteiger partial charge < -0.3 is 10.1 Å². The van der Waals surface area contributed by atoms with Gasteiger partial charge in [-0.3, -0.25) is 4.79 Å². The molecule has 0 saturated carbocycles. The highest BCUT2D eigenvalue weighted by Crippen LogP contribution is 2.29. The zero-order chi connectivity index (χ0) is 13.0. The van der Waals surface area contributed by atoms with Crippen LogP contribution in [0.2, 0.25) is 5.02 Å². The lowest BCUT2D eigenvalue weighted by atomic mass is 9.81. The third-order valence-electron chi connectivity index (χ3n) is 3.46. The minimum Gasteiger partial charge on any atom is -0.460 e. The molecule has 0 aliphatic carbocycles. The molecule has 0 unspecified atom stereocenters. The maximum Gasteiger partial charge on any atom is 0.312 e. The predicted octanol–water partition coefficient (Wildman–Crippen LogP) is 2.77. The van der Waals surface area contributed by atoms with Crippen LogP contribution in [-0.4, -0.2) is 19.1 Å². The Bertz CT molecular complexity index is 428. The Morgan fingerprint density at radius 3 is 2.83 bits per heavy atom. The maximum atomic E-state index is 12.1. The number of ether oxygens (including phenoxy) is 1. The Morgan fingerprint density at radius 2 is 2.17 bits per heavy atom. The van der Waals surface area contributed by atoms with Gasteiger partial charge in [0.1, 0.15) is 6.61 Å². The Kier molecular flexibility index (Phi) is 4.25. The predicted molar refractivity (Wildman–Crippen MR) is 71.5 cm³/mol. The SMILES string of the molecule is CC1(C(=O)OCc2cccc(Cl)c2)CCNCC1. The molecule has 4 heteroatoms. The van der Waals surface area contributed by atoms with Gasteiger partial charge in [-0.05, 0) is 50.6 Å². The molecule has 0 bridgehead atoms. The van der Waals surface area contributed by atoms with E-state index in [1.54, 1.807) is 6.07 Å². The second kappa shape index (κ2) is 5.72. The number of hydrogen-bond donors (Lipinski definition) is 1. The molecule has 1 aliphatic heterocycles. The van der Waals surface area contributed by atoms with Crippen molar-refractivity contribution in [3.8, 4) is 0 Å². The number of piperidine rings is 1. The van der Waals surface area contributed by atoms with Gasteiger partial charge in [-0.1, -0.05) is 23.7 Å². The van der Waals surface area contributed by atoms with E-state index in [1.165, 1.54) is 0 Å². The van der Waals surface area contributed by atoms with Gasteiger partial charge in [-0.2, -0.15) is 0 Å². The normalized spacial score (nSPS) is 18.3. The number of carbonyl (C=O) groups excluding carboxylic acids is 1. The van der Waals surface area contributed by atoms with Crippen LogP contribution in [0, 0.1) is 5.41 Å². The molecular formula is C14H18ClNO2. The number of hydrogen-bond acceptors (Lipinski definition) is 3. The van der Waals surface area contributed by atoms with Gasteiger partial charge in [0.15, 0.2) is 0 Å². The summed E-state index contributed by atoms with van der Waals surface area (Å²) in [6.45, 7) is 4.03. The van der Waals surface area contributed by atoms with Crippen LogP contribution in [0.25, 0.3) is 0 Å². The molecule has 1 saturated heterocycles. The van der Waals surface area contributed by atoms with Crippen LogP contribution >= 0.6 is 11.6 Å². The monoisotopic (exact) mass is 267 g/mol. The van der Waals surface area contributed by atoms with Crippen molar-refractivity contribution in [1.82, 2.24) is 5.32 Å². The highest BCUT2D eigenvalue weighted by Gasteiger charge is 2.35. The van der Waals surface area contributed by atoms with Crippen molar-refractivity contribution in [2.24, 2.45) is 5.41 Å². The van der Waals surface area contributed by atoms with Crippen molar-refractivity contribution in [2.45, 2.75) is 26.4 Å². The highest BCUT2D eigenvalue weighted by molar-refractivity contribution is 6.30. The van der Waals surface area contributed by atoms with Gasteiger partial charge in [0.25, 0.3) is 0 Å². The van der Waals surface area contributed by atoms with Gasteiger partial charge in [0.2, 0.25) is 0 Å². The van der Waals surface area contributed by atoms with Crippen molar-refractivity contribution in [3.05, 3.63) is 34.9 Å². The molecule has 0 aromatic heterocycles. The Morgan fingerprint density at radius 1 is 1.44 bits per heavy atom. The average molecular weight is 268 g/mol. The van der Waals surface area contributed by atoms with E-state index in [9.17, 15) is 4.79 Å². The number of benzene rings is 1. The average Bonchev–Trinajstić information content (AvgIpc) is 2.37. The summed E-state index contributed by atoms with van der Waals surface area (Å²) in [6, 6.07) is 7.39. The summed E-state index contributed by atoms with van der Waals surface area (Å²) >= 11 is 5.89. The minimum atomic E-state index is -0.343. The summed E-state index contributed by atoms with van der Waals surface area (Å²) in [5, 5.41) is 3.91. The topological polar surface area (TPSA) is 38.3 Å². The van der Waals surface area contributed by atoms with Crippen LogP contribution in [-0.2, 0) is 16.1 Å². The lowest BCUT2D eigenvalue weighted by molar-refractivity contribution is -0.157. The van der Waals surface area contributed by atoms with Crippen molar-refractivity contribution in [1.29, 1.82) is 0 Å². The maximum absolute atomic E-state index is 12.1. The molecule has 1 N–H and O–H groups in total. The summed E-state index contributed by atoms with van der Waals surface area (Å²) in [5.41, 5.74) is 0.581. The molecule has 1 heterocycles. The molecule has 3 nitrogen and oxygen atoms in total. The molecule has 1 aliphatic rings. The first-order valence-electron chi connectivity index (χ1n) is 6.23. The van der Waals surface area contributed by atoms with E-state index >= 15 is 0 Å². The first-order valence-corrected chi connectivity index (χ1v) is 6.60. The largest absolute Gasteiger partial charge is 0.460 e. The molecule has 1 fully saturated rings. The van der Waals surface area contributed by atoms with E-state index in [0.717, 1.165) is 31.5 Å². The summed E-state index contributed by atoms with van der Waals surface area (Å²) in [5.74, 6) is -0.107. The lowest BCUT2D eigenvalue weighted by Crippen LogP contribution is -2.40. The molecule has 0 spiro atoms. The van der Waals surface area contributed by atoms with E-state index in [-0.39, 0.29) is 11.4 Å². The van der Waals surface area contributed by atoms with E-state index in [1.807, 2.05) is 25.1 Å².